The molecule has 0 aromatic heterocycles. The van der Waals surface area contributed by atoms with Crippen LogP contribution in [-0.2, 0) is 14.8 Å². The maximum atomic E-state index is 11.7. The summed E-state index contributed by atoms with van der Waals surface area (Å²) < 4.78 is 30.9. The quantitative estimate of drug-likeness (QED) is 0.574. The van der Waals surface area contributed by atoms with Crippen LogP contribution in [-0.4, -0.2) is 45.9 Å². The molecule has 1 aromatic carbocycles. The number of ether oxygens (including phenoxy) is 1. The molecule has 8 heteroatoms. The fourth-order valence-corrected chi connectivity index (χ4v) is 3.04. The molecule has 7 nitrogen and oxygen atoms in total. The zero-order chi connectivity index (χ0) is 15.5. The molecule has 0 amide bonds. The average molecular weight is 315 g/mol. The number of anilines is 2. The summed E-state index contributed by atoms with van der Waals surface area (Å²) in [6, 6.07) is 4.62. The van der Waals surface area contributed by atoms with Crippen LogP contribution in [0.15, 0.2) is 23.1 Å². The third-order valence-corrected chi connectivity index (χ3v) is 5.10. The van der Waals surface area contributed by atoms with Crippen molar-refractivity contribution in [1.82, 2.24) is 4.72 Å². The molecule has 5 N–H and O–H groups in total. The van der Waals surface area contributed by atoms with Gasteiger partial charge in [0.25, 0.3) is 0 Å². The van der Waals surface area contributed by atoms with Crippen LogP contribution in [0.4, 0.5) is 11.4 Å². The van der Waals surface area contributed by atoms with Crippen molar-refractivity contribution in [2.24, 2.45) is 0 Å². The normalized spacial score (nSPS) is 18.4. The van der Waals surface area contributed by atoms with Gasteiger partial charge in [-0.3, -0.25) is 0 Å². The Kier molecular flexibility index (Phi) is 4.72. The lowest BCUT2D eigenvalue weighted by Gasteiger charge is -2.32. The highest BCUT2D eigenvalue weighted by Crippen LogP contribution is 2.25. The second-order valence-corrected chi connectivity index (χ2v) is 7.01. The molecule has 0 radical (unpaired) electrons. The molecule has 1 aliphatic heterocycles. The average Bonchev–Trinajstić information content (AvgIpc) is 2.46. The molecule has 0 atom stereocenters. The van der Waals surface area contributed by atoms with E-state index in [1.54, 1.807) is 12.1 Å². The van der Waals surface area contributed by atoms with E-state index in [0.29, 0.717) is 38.3 Å². The third-order valence-electron chi connectivity index (χ3n) is 3.61. The van der Waals surface area contributed by atoms with Gasteiger partial charge in [-0.15, -0.1) is 0 Å². The largest absolute Gasteiger partial charge is 0.398 e. The summed E-state index contributed by atoms with van der Waals surface area (Å²) in [7, 11) is -2.23. The molecule has 2 rings (SSSR count). The molecule has 0 aliphatic carbocycles. The number of nitrogens with one attached hydrogen (secondary N) is 2. The highest BCUT2D eigenvalue weighted by atomic mass is 32.2. The lowest BCUT2D eigenvalue weighted by Crippen LogP contribution is -2.42. The number of sulfonamides is 1. The minimum absolute atomic E-state index is 0.0420. The maximum Gasteiger partial charge on any atom is 0.242 e. The Morgan fingerprint density at radius 1 is 1.38 bits per heavy atom. The number of benzene rings is 1. The molecule has 1 aromatic rings. The van der Waals surface area contributed by atoms with Crippen LogP contribution in [0, 0.1) is 0 Å². The van der Waals surface area contributed by atoms with Crippen molar-refractivity contribution in [3.8, 4) is 0 Å². The van der Waals surface area contributed by atoms with Crippen molar-refractivity contribution < 1.29 is 18.3 Å². The first-order chi connectivity index (χ1) is 9.86. The van der Waals surface area contributed by atoms with Crippen molar-refractivity contribution in [2.75, 3.05) is 37.9 Å². The zero-order valence-corrected chi connectivity index (χ0v) is 12.7. The number of hydrogen-bond donors (Lipinski definition) is 4. The highest BCUT2D eigenvalue weighted by Gasteiger charge is 2.29. The molecule has 0 spiro atoms. The van der Waals surface area contributed by atoms with Crippen molar-refractivity contribution in [3.63, 3.8) is 0 Å². The Hall–Kier alpha value is -1.35. The van der Waals surface area contributed by atoms with Gasteiger partial charge in [0.2, 0.25) is 10.0 Å². The Labute approximate surface area is 124 Å². The van der Waals surface area contributed by atoms with Gasteiger partial charge in [0.1, 0.15) is 4.90 Å². The minimum Gasteiger partial charge on any atom is -0.398 e. The lowest BCUT2D eigenvalue weighted by atomic mass is 9.94. The lowest BCUT2D eigenvalue weighted by molar-refractivity contribution is -0.0543. The number of aliphatic hydroxyl groups is 1. The first-order valence-electron chi connectivity index (χ1n) is 6.73. The molecule has 0 unspecified atom stereocenters. The van der Waals surface area contributed by atoms with Gasteiger partial charge in [-0.1, -0.05) is 0 Å². The standard InChI is InChI=1S/C13H21N3O4S/c1-15-21(18,19)12-3-2-10(8-11(12)14)16-9-13(17)4-6-20-7-5-13/h2-3,8,15-17H,4-7,9,14H2,1H3. The van der Waals surface area contributed by atoms with Gasteiger partial charge in [0, 0.05) is 38.3 Å². The molecule has 1 fully saturated rings. The number of hydrogen-bond acceptors (Lipinski definition) is 6. The predicted molar refractivity (Wildman–Crippen MR) is 80.6 cm³/mol. The fourth-order valence-electron chi connectivity index (χ4n) is 2.21. The van der Waals surface area contributed by atoms with Crippen LogP contribution in [0.2, 0.25) is 0 Å². The van der Waals surface area contributed by atoms with Crippen molar-refractivity contribution in [2.45, 2.75) is 23.3 Å². The number of nitrogen functional groups attached to an aromatic ring is 1. The van der Waals surface area contributed by atoms with Crippen molar-refractivity contribution in [3.05, 3.63) is 18.2 Å². The summed E-state index contributed by atoms with van der Waals surface area (Å²) in [6.07, 6.45) is 1.14. The van der Waals surface area contributed by atoms with Gasteiger partial charge in [-0.2, -0.15) is 0 Å². The summed E-state index contributed by atoms with van der Waals surface area (Å²) in [5.41, 5.74) is 5.81. The molecule has 0 bridgehead atoms. The molecule has 0 saturated carbocycles. The summed E-state index contributed by atoms with van der Waals surface area (Å²) in [5, 5.41) is 13.4. The summed E-state index contributed by atoms with van der Waals surface area (Å²) >= 11 is 0. The predicted octanol–water partition coefficient (Wildman–Crippen LogP) is 0.130. The van der Waals surface area contributed by atoms with Crippen LogP contribution in [0.3, 0.4) is 0 Å². The first-order valence-corrected chi connectivity index (χ1v) is 8.22. The third kappa shape index (κ3) is 3.85. The Morgan fingerprint density at radius 3 is 2.62 bits per heavy atom. The fraction of sp³-hybridized carbons (Fsp3) is 0.538. The molecule has 1 heterocycles. The smallest absolute Gasteiger partial charge is 0.242 e. The Balaban J connectivity index is 2.07. The summed E-state index contributed by atoms with van der Waals surface area (Å²) in [4.78, 5) is 0.0420. The Morgan fingerprint density at radius 2 is 2.05 bits per heavy atom. The highest BCUT2D eigenvalue weighted by molar-refractivity contribution is 7.89. The second-order valence-electron chi connectivity index (χ2n) is 5.15. The number of nitrogens with two attached hydrogens (primary N) is 1. The van der Waals surface area contributed by atoms with Crippen LogP contribution in [0.25, 0.3) is 0 Å². The molecule has 21 heavy (non-hydrogen) atoms. The van der Waals surface area contributed by atoms with Crippen molar-refractivity contribution in [1.29, 1.82) is 0 Å². The van der Waals surface area contributed by atoms with Gasteiger partial charge < -0.3 is 20.9 Å². The van der Waals surface area contributed by atoms with Gasteiger partial charge in [0.05, 0.1) is 11.3 Å². The Bertz CT molecular complexity index is 597. The van der Waals surface area contributed by atoms with Crippen LogP contribution < -0.4 is 15.8 Å². The maximum absolute atomic E-state index is 11.7. The van der Waals surface area contributed by atoms with E-state index in [-0.39, 0.29) is 10.6 Å². The first kappa shape index (κ1) is 16.0. The van der Waals surface area contributed by atoms with E-state index < -0.39 is 15.6 Å². The van der Waals surface area contributed by atoms with Gasteiger partial charge in [-0.05, 0) is 25.2 Å². The number of rotatable bonds is 5. The molecule has 1 saturated heterocycles. The van der Waals surface area contributed by atoms with Crippen molar-refractivity contribution >= 4 is 21.4 Å². The SMILES string of the molecule is CNS(=O)(=O)c1ccc(NCC2(O)CCOCC2)cc1N. The van der Waals surface area contributed by atoms with E-state index in [0.717, 1.165) is 0 Å². The van der Waals surface area contributed by atoms with Gasteiger partial charge in [0.15, 0.2) is 0 Å². The molecular formula is C13H21N3O4S. The summed E-state index contributed by atoms with van der Waals surface area (Å²) in [6.45, 7) is 1.45. The van der Waals surface area contributed by atoms with E-state index in [4.69, 9.17) is 10.5 Å². The summed E-state index contributed by atoms with van der Waals surface area (Å²) in [5.74, 6) is 0. The van der Waals surface area contributed by atoms with E-state index in [2.05, 4.69) is 10.0 Å². The monoisotopic (exact) mass is 315 g/mol. The second kappa shape index (κ2) is 6.18. The van der Waals surface area contributed by atoms with Crippen LogP contribution in [0.5, 0.6) is 0 Å². The van der Waals surface area contributed by atoms with Gasteiger partial charge >= 0.3 is 0 Å². The van der Waals surface area contributed by atoms with E-state index in [1.807, 2.05) is 0 Å². The molecular weight excluding hydrogens is 294 g/mol. The van der Waals surface area contributed by atoms with Crippen LogP contribution >= 0.6 is 0 Å². The van der Waals surface area contributed by atoms with E-state index >= 15 is 0 Å². The van der Waals surface area contributed by atoms with Gasteiger partial charge in [-0.25, -0.2) is 13.1 Å². The topological polar surface area (TPSA) is 114 Å². The van der Waals surface area contributed by atoms with Crippen LogP contribution in [0.1, 0.15) is 12.8 Å². The van der Waals surface area contributed by atoms with E-state index in [9.17, 15) is 13.5 Å². The van der Waals surface area contributed by atoms with E-state index in [1.165, 1.54) is 13.1 Å². The zero-order valence-electron chi connectivity index (χ0n) is 11.9. The molecule has 118 valence electrons. The molecule has 1 aliphatic rings. The minimum atomic E-state index is -3.56.